The van der Waals surface area contributed by atoms with Gasteiger partial charge in [-0.3, -0.25) is 9.59 Å². The molecule has 1 aliphatic rings. The number of fused-ring (bicyclic) bond motifs is 1. The van der Waals surface area contributed by atoms with E-state index in [-0.39, 0.29) is 5.91 Å². The molecule has 0 saturated carbocycles. The van der Waals surface area contributed by atoms with Crippen molar-refractivity contribution in [3.8, 4) is 0 Å². The van der Waals surface area contributed by atoms with Gasteiger partial charge >= 0.3 is 5.97 Å². The summed E-state index contributed by atoms with van der Waals surface area (Å²) in [5, 5.41) is 12.4. The van der Waals surface area contributed by atoms with Gasteiger partial charge in [-0.1, -0.05) is 18.2 Å². The zero-order chi connectivity index (χ0) is 15.0. The lowest BCUT2D eigenvalue weighted by Gasteiger charge is -2.20. The van der Waals surface area contributed by atoms with Crippen LogP contribution in [0.1, 0.15) is 18.1 Å². The highest BCUT2D eigenvalue weighted by Gasteiger charge is 2.36. The Morgan fingerprint density at radius 2 is 2.05 bits per heavy atom. The number of carbonyl (C=O) groups excluding carboxylic acids is 1. The second kappa shape index (κ2) is 4.63. The molecule has 2 aromatic rings. The van der Waals surface area contributed by atoms with E-state index < -0.39 is 11.4 Å². The summed E-state index contributed by atoms with van der Waals surface area (Å²) in [6.07, 6.45) is 4.81. The molecule has 1 aromatic heterocycles. The van der Waals surface area contributed by atoms with Crippen LogP contribution in [0.25, 0.3) is 5.57 Å². The fourth-order valence-corrected chi connectivity index (χ4v) is 2.49. The molecular weight excluding hydrogens is 268 g/mol. The number of nitrogens with one attached hydrogen (secondary N) is 2. The monoisotopic (exact) mass is 282 g/mol. The molecule has 5 heteroatoms. The fraction of sp³-hybridized carbons (Fsp3) is 0.125. The van der Waals surface area contributed by atoms with E-state index in [4.69, 9.17) is 0 Å². The molecule has 0 spiro atoms. The Kier molecular flexibility index (Phi) is 2.90. The summed E-state index contributed by atoms with van der Waals surface area (Å²) >= 11 is 0. The molecule has 0 saturated heterocycles. The number of hydrogen-bond donors (Lipinski definition) is 3. The molecule has 21 heavy (non-hydrogen) atoms. The Morgan fingerprint density at radius 3 is 2.71 bits per heavy atom. The van der Waals surface area contributed by atoms with Crippen LogP contribution in [-0.2, 0) is 15.0 Å². The van der Waals surface area contributed by atoms with Gasteiger partial charge in [-0.05, 0) is 30.7 Å². The molecule has 0 aliphatic carbocycles. The van der Waals surface area contributed by atoms with Crippen molar-refractivity contribution in [1.82, 2.24) is 4.98 Å². The highest BCUT2D eigenvalue weighted by Crippen LogP contribution is 2.36. The number of carbonyl (C=O) groups is 2. The number of carboxylic acids is 1. The first-order valence-electron chi connectivity index (χ1n) is 6.52. The van der Waals surface area contributed by atoms with E-state index in [1.165, 1.54) is 6.08 Å². The molecule has 1 atom stereocenters. The standard InChI is InChI=1S/C16H14N2O3/c1-16(15(20)21,10-6-7-17-9-10)8-12-11-4-2-3-5-13(11)18-14(12)19/h2-9,17H,1H3,(H,18,19)(H,20,21). The number of aliphatic carboxylic acids is 1. The quantitative estimate of drug-likeness (QED) is 0.756. The maximum atomic E-state index is 12.1. The molecule has 0 radical (unpaired) electrons. The molecular formula is C16H14N2O3. The summed E-state index contributed by atoms with van der Waals surface area (Å²) in [5.74, 6) is -1.29. The van der Waals surface area contributed by atoms with Crippen molar-refractivity contribution in [3.05, 3.63) is 59.9 Å². The van der Waals surface area contributed by atoms with Crippen molar-refractivity contribution in [1.29, 1.82) is 0 Å². The Hall–Kier alpha value is -2.82. The summed E-state index contributed by atoms with van der Waals surface area (Å²) in [6, 6.07) is 8.94. The first-order valence-corrected chi connectivity index (χ1v) is 6.52. The topological polar surface area (TPSA) is 82.2 Å². The maximum Gasteiger partial charge on any atom is 0.317 e. The zero-order valence-electron chi connectivity index (χ0n) is 11.4. The first kappa shape index (κ1) is 13.2. The van der Waals surface area contributed by atoms with Gasteiger partial charge in [-0.2, -0.15) is 0 Å². The van der Waals surface area contributed by atoms with Crippen LogP contribution < -0.4 is 5.32 Å². The van der Waals surface area contributed by atoms with Crippen LogP contribution in [0.4, 0.5) is 5.69 Å². The lowest BCUT2D eigenvalue weighted by atomic mass is 9.81. The number of aromatic nitrogens is 1. The van der Waals surface area contributed by atoms with E-state index in [2.05, 4.69) is 10.3 Å². The van der Waals surface area contributed by atoms with Crippen LogP contribution >= 0.6 is 0 Å². The van der Waals surface area contributed by atoms with Gasteiger partial charge in [0.1, 0.15) is 5.41 Å². The average molecular weight is 282 g/mol. The Morgan fingerprint density at radius 1 is 1.29 bits per heavy atom. The van der Waals surface area contributed by atoms with Crippen LogP contribution in [0, 0.1) is 0 Å². The number of rotatable bonds is 3. The SMILES string of the molecule is CC(C=C1C(=O)Nc2ccccc21)(C(=O)O)c1cc[nH]c1. The largest absolute Gasteiger partial charge is 0.480 e. The second-order valence-electron chi connectivity index (χ2n) is 5.16. The third-order valence-electron chi connectivity index (χ3n) is 3.78. The van der Waals surface area contributed by atoms with Gasteiger partial charge in [0, 0.05) is 29.2 Å². The number of hydrogen-bond acceptors (Lipinski definition) is 2. The number of anilines is 1. The zero-order valence-corrected chi connectivity index (χ0v) is 11.4. The van der Waals surface area contributed by atoms with Gasteiger partial charge < -0.3 is 15.4 Å². The molecule has 0 bridgehead atoms. The molecule has 1 aromatic carbocycles. The Bertz CT molecular complexity index is 747. The predicted octanol–water partition coefficient (Wildman–Crippen LogP) is 2.39. The van der Waals surface area contributed by atoms with E-state index in [1.54, 1.807) is 37.5 Å². The summed E-state index contributed by atoms with van der Waals surface area (Å²) in [6.45, 7) is 1.58. The van der Waals surface area contributed by atoms with Crippen molar-refractivity contribution in [3.63, 3.8) is 0 Å². The van der Waals surface area contributed by atoms with Crippen LogP contribution in [0.3, 0.4) is 0 Å². The van der Waals surface area contributed by atoms with Crippen molar-refractivity contribution in [2.45, 2.75) is 12.3 Å². The second-order valence-corrected chi connectivity index (χ2v) is 5.16. The molecule has 0 fully saturated rings. The minimum atomic E-state index is -1.27. The van der Waals surface area contributed by atoms with E-state index in [9.17, 15) is 14.7 Å². The third kappa shape index (κ3) is 2.03. The summed E-state index contributed by atoms with van der Waals surface area (Å²) < 4.78 is 0. The smallest absolute Gasteiger partial charge is 0.317 e. The molecule has 1 aliphatic heterocycles. The number of amides is 1. The van der Waals surface area contributed by atoms with Crippen molar-refractivity contribution in [2.24, 2.45) is 0 Å². The number of aromatic amines is 1. The van der Waals surface area contributed by atoms with E-state index in [0.717, 1.165) is 5.56 Å². The van der Waals surface area contributed by atoms with Crippen molar-refractivity contribution in [2.75, 3.05) is 5.32 Å². The average Bonchev–Trinajstić information content (AvgIpc) is 3.08. The van der Waals surface area contributed by atoms with Crippen molar-refractivity contribution < 1.29 is 14.7 Å². The lowest BCUT2D eigenvalue weighted by Crippen LogP contribution is -2.30. The highest BCUT2D eigenvalue weighted by molar-refractivity contribution is 6.32. The minimum Gasteiger partial charge on any atom is -0.480 e. The van der Waals surface area contributed by atoms with Crippen molar-refractivity contribution >= 4 is 23.1 Å². The van der Waals surface area contributed by atoms with Gasteiger partial charge in [0.2, 0.25) is 0 Å². The van der Waals surface area contributed by atoms with Gasteiger partial charge in [0.05, 0.1) is 0 Å². The molecule has 2 heterocycles. The minimum absolute atomic E-state index is 0.279. The van der Waals surface area contributed by atoms with Crippen LogP contribution in [0.2, 0.25) is 0 Å². The van der Waals surface area contributed by atoms with Gasteiger partial charge in [-0.25, -0.2) is 0 Å². The number of benzene rings is 1. The number of H-pyrrole nitrogens is 1. The lowest BCUT2D eigenvalue weighted by molar-refractivity contribution is -0.141. The summed E-state index contributed by atoms with van der Waals surface area (Å²) in [7, 11) is 0. The number of para-hydroxylation sites is 1. The molecule has 3 N–H and O–H groups in total. The van der Waals surface area contributed by atoms with Gasteiger partial charge in [0.25, 0.3) is 5.91 Å². The molecule has 1 unspecified atom stereocenters. The Labute approximate surface area is 121 Å². The van der Waals surface area contributed by atoms with Crippen LogP contribution in [0.5, 0.6) is 0 Å². The third-order valence-corrected chi connectivity index (χ3v) is 3.78. The maximum absolute atomic E-state index is 12.1. The normalized spacial score (nSPS) is 18.1. The molecule has 3 rings (SSSR count). The van der Waals surface area contributed by atoms with Crippen LogP contribution in [0.15, 0.2) is 48.8 Å². The van der Waals surface area contributed by atoms with E-state index in [0.29, 0.717) is 16.8 Å². The van der Waals surface area contributed by atoms with Gasteiger partial charge in [-0.15, -0.1) is 0 Å². The summed E-state index contributed by atoms with van der Waals surface area (Å²) in [5.41, 5.74) is 1.14. The van der Waals surface area contributed by atoms with Gasteiger partial charge in [0.15, 0.2) is 0 Å². The first-order chi connectivity index (χ1) is 10.0. The van der Waals surface area contributed by atoms with Crippen LogP contribution in [-0.4, -0.2) is 22.0 Å². The summed E-state index contributed by atoms with van der Waals surface area (Å²) in [4.78, 5) is 26.7. The predicted molar refractivity (Wildman–Crippen MR) is 78.8 cm³/mol. The Balaban J connectivity index is 2.15. The van der Waals surface area contributed by atoms with E-state index in [1.807, 2.05) is 12.1 Å². The fourth-order valence-electron chi connectivity index (χ4n) is 2.49. The number of carboxylic acid groups (broad SMARTS) is 1. The molecule has 1 amide bonds. The molecule has 5 nitrogen and oxygen atoms in total. The highest BCUT2D eigenvalue weighted by atomic mass is 16.4. The van der Waals surface area contributed by atoms with E-state index >= 15 is 0 Å². The molecule has 106 valence electrons.